The number of nitrogens with two attached hydrogens (primary N) is 2. The van der Waals surface area contributed by atoms with Crippen LogP contribution in [0.5, 0.6) is 0 Å². The molecule has 1 heterocycles. The largest absolute Gasteiger partial charge is 0.399 e. The molecule has 1 aromatic rings. The third kappa shape index (κ3) is 1.59. The van der Waals surface area contributed by atoms with Crippen molar-refractivity contribution in [2.45, 2.75) is 24.1 Å². The van der Waals surface area contributed by atoms with Gasteiger partial charge in [0, 0.05) is 22.4 Å². The number of nitrogens with zero attached hydrogens (tertiary/aromatic N) is 1. The smallest absolute Gasteiger partial charge is 0.164 e. The molecule has 0 amide bonds. The number of halogens is 2. The van der Waals surface area contributed by atoms with Gasteiger partial charge in [0.05, 0.1) is 5.54 Å². The van der Waals surface area contributed by atoms with E-state index in [1.54, 1.807) is 6.92 Å². The number of thioether (sulfide) groups is 1. The lowest BCUT2D eigenvalue weighted by atomic mass is 9.86. The Morgan fingerprint density at radius 2 is 2.11 bits per heavy atom. The van der Waals surface area contributed by atoms with Crippen molar-refractivity contribution in [3.05, 3.63) is 29.3 Å². The average Bonchev–Trinajstić information content (AvgIpc) is 3.02. The van der Waals surface area contributed by atoms with Crippen LogP contribution in [0.2, 0.25) is 0 Å². The van der Waals surface area contributed by atoms with Gasteiger partial charge < -0.3 is 11.5 Å². The molecule has 1 aliphatic carbocycles. The number of fused-ring (bicyclic) bond motifs is 1. The number of amidine groups is 1. The van der Waals surface area contributed by atoms with Gasteiger partial charge in [-0.1, -0.05) is 11.8 Å². The van der Waals surface area contributed by atoms with Gasteiger partial charge in [0.25, 0.3) is 0 Å². The van der Waals surface area contributed by atoms with Crippen LogP contribution in [0.3, 0.4) is 0 Å². The maximum absolute atomic E-state index is 14.0. The van der Waals surface area contributed by atoms with E-state index in [0.717, 1.165) is 12.5 Å². The highest BCUT2D eigenvalue weighted by Gasteiger charge is 2.55. The fourth-order valence-corrected chi connectivity index (χ4v) is 3.91. The molecule has 0 saturated heterocycles. The highest BCUT2D eigenvalue weighted by atomic mass is 32.2. The molecular formula is C12H13F2N3S. The number of benzene rings is 1. The predicted octanol–water partition coefficient (Wildman–Crippen LogP) is 2.21. The summed E-state index contributed by atoms with van der Waals surface area (Å²) in [5.41, 5.74) is 11.0. The van der Waals surface area contributed by atoms with Gasteiger partial charge in [-0.2, -0.15) is 0 Å². The number of hydrogen-bond donors (Lipinski definition) is 2. The van der Waals surface area contributed by atoms with Crippen molar-refractivity contribution in [2.75, 3.05) is 5.73 Å². The summed E-state index contributed by atoms with van der Waals surface area (Å²) in [6, 6.07) is 2.44. The van der Waals surface area contributed by atoms with Crippen molar-refractivity contribution in [3.63, 3.8) is 0 Å². The molecule has 0 bridgehead atoms. The van der Waals surface area contributed by atoms with E-state index in [1.165, 1.54) is 17.8 Å². The molecule has 1 unspecified atom stereocenters. The Morgan fingerprint density at radius 3 is 2.83 bits per heavy atom. The van der Waals surface area contributed by atoms with E-state index in [4.69, 9.17) is 11.5 Å². The minimum atomic E-state index is -0.935. The monoisotopic (exact) mass is 269 g/mol. The topological polar surface area (TPSA) is 64.4 Å². The summed E-state index contributed by atoms with van der Waals surface area (Å²) < 4.78 is 27.4. The summed E-state index contributed by atoms with van der Waals surface area (Å²) in [6.45, 7) is 1.79. The number of anilines is 1. The first-order chi connectivity index (χ1) is 8.41. The summed E-state index contributed by atoms with van der Waals surface area (Å²) in [5, 5.41) is 0.787. The maximum Gasteiger partial charge on any atom is 0.164 e. The second-order valence-electron chi connectivity index (χ2n) is 4.96. The van der Waals surface area contributed by atoms with Crippen LogP contribution < -0.4 is 11.5 Å². The van der Waals surface area contributed by atoms with Gasteiger partial charge in [0.1, 0.15) is 0 Å². The van der Waals surface area contributed by atoms with Crippen molar-refractivity contribution in [1.29, 1.82) is 0 Å². The predicted molar refractivity (Wildman–Crippen MR) is 69.2 cm³/mol. The third-order valence-corrected chi connectivity index (χ3v) is 4.82. The zero-order chi connectivity index (χ0) is 13.1. The van der Waals surface area contributed by atoms with Gasteiger partial charge >= 0.3 is 0 Å². The van der Waals surface area contributed by atoms with E-state index in [9.17, 15) is 8.78 Å². The molecule has 1 saturated carbocycles. The van der Waals surface area contributed by atoms with Crippen molar-refractivity contribution in [2.24, 2.45) is 16.6 Å². The SMILES string of the molecule is C[C@]1(c2cc(N)cc(F)c2F)N=C(N)SC2C[C@H]21. The van der Waals surface area contributed by atoms with Gasteiger partial charge in [-0.3, -0.25) is 4.99 Å². The van der Waals surface area contributed by atoms with E-state index < -0.39 is 17.2 Å². The van der Waals surface area contributed by atoms with Crippen LogP contribution in [0, 0.1) is 17.6 Å². The summed E-state index contributed by atoms with van der Waals surface area (Å²) >= 11 is 1.51. The van der Waals surface area contributed by atoms with Gasteiger partial charge in [0.2, 0.25) is 0 Å². The van der Waals surface area contributed by atoms with E-state index in [1.807, 2.05) is 0 Å². The number of nitrogen functional groups attached to an aromatic ring is 1. The molecule has 18 heavy (non-hydrogen) atoms. The van der Waals surface area contributed by atoms with Crippen molar-refractivity contribution in [1.82, 2.24) is 0 Å². The summed E-state index contributed by atoms with van der Waals surface area (Å²) in [4.78, 5) is 4.35. The molecule has 1 aliphatic heterocycles. The van der Waals surface area contributed by atoms with Crippen LogP contribution in [-0.4, -0.2) is 10.4 Å². The Kier molecular flexibility index (Phi) is 2.35. The number of aliphatic imine (C=N–C) groups is 1. The summed E-state index contributed by atoms with van der Waals surface area (Å²) in [5.74, 6) is -1.61. The van der Waals surface area contributed by atoms with Crippen molar-refractivity contribution in [3.8, 4) is 0 Å². The molecule has 3 atom stereocenters. The Hall–Kier alpha value is -1.30. The van der Waals surface area contributed by atoms with Crippen LogP contribution >= 0.6 is 11.8 Å². The maximum atomic E-state index is 14.0. The molecule has 2 aliphatic rings. The lowest BCUT2D eigenvalue weighted by molar-refractivity contribution is 0.393. The van der Waals surface area contributed by atoms with Gasteiger partial charge in [0.15, 0.2) is 16.8 Å². The molecule has 0 spiro atoms. The highest BCUT2D eigenvalue weighted by Crippen LogP contribution is 2.57. The van der Waals surface area contributed by atoms with Crippen molar-refractivity contribution >= 4 is 22.6 Å². The van der Waals surface area contributed by atoms with Crippen LogP contribution in [0.1, 0.15) is 18.9 Å². The van der Waals surface area contributed by atoms with Gasteiger partial charge in [-0.15, -0.1) is 0 Å². The van der Waals surface area contributed by atoms with E-state index in [-0.39, 0.29) is 17.2 Å². The number of rotatable bonds is 1. The molecule has 0 radical (unpaired) electrons. The minimum Gasteiger partial charge on any atom is -0.399 e. The lowest BCUT2D eigenvalue weighted by Gasteiger charge is -2.30. The first-order valence-corrected chi connectivity index (χ1v) is 6.57. The molecule has 1 fully saturated rings. The minimum absolute atomic E-state index is 0.200. The highest BCUT2D eigenvalue weighted by molar-refractivity contribution is 8.14. The lowest BCUT2D eigenvalue weighted by Crippen LogP contribution is -2.32. The van der Waals surface area contributed by atoms with Crippen LogP contribution in [-0.2, 0) is 5.54 Å². The third-order valence-electron chi connectivity index (χ3n) is 3.66. The van der Waals surface area contributed by atoms with E-state index in [2.05, 4.69) is 4.99 Å². The van der Waals surface area contributed by atoms with E-state index >= 15 is 0 Å². The molecule has 4 N–H and O–H groups in total. The first-order valence-electron chi connectivity index (χ1n) is 5.69. The fraction of sp³-hybridized carbons (Fsp3) is 0.417. The standard InChI is InChI=1S/C12H13F2N3S/c1-12(6-4-9(6)18-11(16)17-12)7-2-5(15)3-8(13)10(7)14/h2-3,6,9H,4,15H2,1H3,(H2,16,17)/t6-,9?,12+/m1/s1. The molecule has 6 heteroatoms. The molecule has 3 rings (SSSR count). The molecular weight excluding hydrogens is 256 g/mol. The summed E-state index contributed by atoms with van der Waals surface area (Å²) in [7, 11) is 0. The average molecular weight is 269 g/mol. The Morgan fingerprint density at radius 1 is 1.39 bits per heavy atom. The van der Waals surface area contributed by atoms with Gasteiger partial charge in [-0.25, -0.2) is 8.78 Å². The normalized spacial score (nSPS) is 33.8. The van der Waals surface area contributed by atoms with E-state index in [0.29, 0.717) is 10.4 Å². The zero-order valence-corrected chi connectivity index (χ0v) is 10.6. The van der Waals surface area contributed by atoms with Crippen LogP contribution in [0.25, 0.3) is 0 Å². The Balaban J connectivity index is 2.17. The van der Waals surface area contributed by atoms with Crippen LogP contribution in [0.15, 0.2) is 17.1 Å². The molecule has 0 aromatic heterocycles. The second-order valence-corrected chi connectivity index (χ2v) is 6.22. The molecule has 1 aromatic carbocycles. The Bertz CT molecular complexity index is 560. The molecule has 96 valence electrons. The quantitative estimate of drug-likeness (QED) is 0.768. The molecule has 3 nitrogen and oxygen atoms in total. The summed E-state index contributed by atoms with van der Waals surface area (Å²) in [6.07, 6.45) is 0.918. The first kappa shape index (κ1) is 11.8. The Labute approximate surface area is 108 Å². The van der Waals surface area contributed by atoms with Crippen LogP contribution in [0.4, 0.5) is 14.5 Å². The number of hydrogen-bond acceptors (Lipinski definition) is 4. The second kappa shape index (κ2) is 3.60. The van der Waals surface area contributed by atoms with Crippen molar-refractivity contribution < 1.29 is 8.78 Å². The zero-order valence-electron chi connectivity index (χ0n) is 9.78. The van der Waals surface area contributed by atoms with Gasteiger partial charge in [-0.05, 0) is 25.5 Å². The fourth-order valence-electron chi connectivity index (χ4n) is 2.62.